The van der Waals surface area contributed by atoms with Crippen LogP contribution in [0.3, 0.4) is 0 Å². The van der Waals surface area contributed by atoms with Crippen molar-refractivity contribution in [2.75, 3.05) is 16.4 Å². The molecule has 2 N–H and O–H groups in total. The van der Waals surface area contributed by atoms with Crippen LogP contribution < -0.4 is 10.6 Å². The van der Waals surface area contributed by atoms with Gasteiger partial charge in [0, 0.05) is 24.0 Å². The number of thioether (sulfide) groups is 1. The number of carbonyl (C=O) groups excluding carboxylic acids is 2. The van der Waals surface area contributed by atoms with E-state index in [0.717, 1.165) is 11.3 Å². The summed E-state index contributed by atoms with van der Waals surface area (Å²) in [5.41, 5.74) is 3.35. The summed E-state index contributed by atoms with van der Waals surface area (Å²) in [6.45, 7) is 5.13. The number of amides is 2. The van der Waals surface area contributed by atoms with E-state index in [1.54, 1.807) is 24.3 Å². The fourth-order valence-corrected chi connectivity index (χ4v) is 3.15. The van der Waals surface area contributed by atoms with Crippen LogP contribution in [0.25, 0.3) is 0 Å². The zero-order valence-electron chi connectivity index (χ0n) is 14.2. The Morgan fingerprint density at radius 1 is 1.20 bits per heavy atom. The van der Waals surface area contributed by atoms with E-state index in [-0.39, 0.29) is 17.6 Å². The van der Waals surface area contributed by atoms with Crippen molar-refractivity contribution in [2.45, 2.75) is 25.8 Å². The van der Waals surface area contributed by atoms with Crippen LogP contribution in [0.5, 0.6) is 0 Å². The summed E-state index contributed by atoms with van der Waals surface area (Å²) in [7, 11) is 0. The van der Waals surface area contributed by atoms with Crippen LogP contribution in [-0.2, 0) is 9.59 Å². The number of aromatic nitrogens is 1. The molecule has 6 nitrogen and oxygen atoms in total. The molecule has 2 aromatic rings. The summed E-state index contributed by atoms with van der Waals surface area (Å²) in [4.78, 5) is 27.6. The number of nitriles is 1. The summed E-state index contributed by atoms with van der Waals surface area (Å²) < 4.78 is 0. The number of nitrogens with one attached hydrogen (secondary N) is 2. The lowest BCUT2D eigenvalue weighted by atomic mass is 10.1. The highest BCUT2D eigenvalue weighted by Gasteiger charge is 2.12. The number of anilines is 2. The van der Waals surface area contributed by atoms with Crippen molar-refractivity contribution < 1.29 is 9.59 Å². The van der Waals surface area contributed by atoms with Crippen LogP contribution in [0.15, 0.2) is 35.4 Å². The van der Waals surface area contributed by atoms with E-state index in [9.17, 15) is 14.9 Å². The molecule has 128 valence electrons. The van der Waals surface area contributed by atoms with Crippen molar-refractivity contribution in [3.8, 4) is 6.07 Å². The Morgan fingerprint density at radius 2 is 1.88 bits per heavy atom. The molecule has 0 fully saturated rings. The molecule has 1 aromatic heterocycles. The number of aryl methyl sites for hydroxylation is 2. The Bertz CT molecular complexity index is 859. The van der Waals surface area contributed by atoms with Gasteiger partial charge in [-0.25, -0.2) is 4.98 Å². The summed E-state index contributed by atoms with van der Waals surface area (Å²) in [5, 5.41) is 15.2. The molecular weight excluding hydrogens is 336 g/mol. The van der Waals surface area contributed by atoms with Crippen LogP contribution >= 0.6 is 11.8 Å². The van der Waals surface area contributed by atoms with Gasteiger partial charge >= 0.3 is 0 Å². The topological polar surface area (TPSA) is 94.9 Å². The van der Waals surface area contributed by atoms with Crippen molar-refractivity contribution in [1.82, 2.24) is 4.98 Å². The first-order valence-electron chi connectivity index (χ1n) is 7.57. The molecule has 2 rings (SSSR count). The van der Waals surface area contributed by atoms with Crippen LogP contribution in [0.4, 0.5) is 11.4 Å². The van der Waals surface area contributed by atoms with Crippen LogP contribution in [0.2, 0.25) is 0 Å². The van der Waals surface area contributed by atoms with Gasteiger partial charge in [0.25, 0.3) is 0 Å². The minimum absolute atomic E-state index is 0.134. The average Bonchev–Trinajstić information content (AvgIpc) is 2.52. The summed E-state index contributed by atoms with van der Waals surface area (Å²) in [6.07, 6.45) is 0. The molecule has 0 saturated heterocycles. The Kier molecular flexibility index (Phi) is 6.14. The smallest absolute Gasteiger partial charge is 0.234 e. The van der Waals surface area contributed by atoms with E-state index in [1.807, 2.05) is 19.9 Å². The van der Waals surface area contributed by atoms with E-state index >= 15 is 0 Å². The number of hydrogen-bond acceptors (Lipinski definition) is 5. The molecule has 0 unspecified atom stereocenters. The molecule has 0 aliphatic carbocycles. The minimum atomic E-state index is -0.213. The molecule has 1 heterocycles. The lowest BCUT2D eigenvalue weighted by Gasteiger charge is -2.09. The first kappa shape index (κ1) is 18.5. The summed E-state index contributed by atoms with van der Waals surface area (Å²) in [6, 6.07) is 10.9. The van der Waals surface area contributed by atoms with Crippen molar-refractivity contribution in [3.63, 3.8) is 0 Å². The number of nitrogens with zero attached hydrogens (tertiary/aromatic N) is 2. The number of pyridine rings is 1. The highest BCUT2D eigenvalue weighted by Crippen LogP contribution is 2.24. The normalized spacial score (nSPS) is 10.0. The monoisotopic (exact) mass is 354 g/mol. The van der Waals surface area contributed by atoms with Gasteiger partial charge in [-0.3, -0.25) is 9.59 Å². The van der Waals surface area contributed by atoms with Crippen molar-refractivity contribution in [1.29, 1.82) is 5.26 Å². The zero-order chi connectivity index (χ0) is 18.4. The van der Waals surface area contributed by atoms with E-state index < -0.39 is 0 Å². The Morgan fingerprint density at radius 3 is 2.52 bits per heavy atom. The van der Waals surface area contributed by atoms with E-state index in [4.69, 9.17) is 0 Å². The summed E-state index contributed by atoms with van der Waals surface area (Å²) in [5.74, 6) is -0.256. The molecule has 0 spiro atoms. The molecule has 2 amide bonds. The molecular formula is C18H18N4O2S. The predicted molar refractivity (Wildman–Crippen MR) is 98.5 cm³/mol. The molecule has 0 radical (unpaired) electrons. The van der Waals surface area contributed by atoms with Crippen LogP contribution in [0, 0.1) is 25.2 Å². The maximum Gasteiger partial charge on any atom is 0.234 e. The third-order valence-corrected chi connectivity index (χ3v) is 4.21. The molecule has 0 aliphatic heterocycles. The fourth-order valence-electron chi connectivity index (χ4n) is 2.25. The fraction of sp³-hybridized carbons (Fsp3) is 0.222. The van der Waals surface area contributed by atoms with Crippen molar-refractivity contribution >= 4 is 35.0 Å². The zero-order valence-corrected chi connectivity index (χ0v) is 15.0. The SMILES string of the molecule is CC(=O)Nc1cccc(NC(=O)CSc2nc(C)cc(C)c2C#N)c1. The van der Waals surface area contributed by atoms with Gasteiger partial charge in [0.1, 0.15) is 11.1 Å². The second-order valence-electron chi connectivity index (χ2n) is 5.47. The van der Waals surface area contributed by atoms with Gasteiger partial charge in [0.05, 0.1) is 11.3 Å². The maximum atomic E-state index is 12.2. The first-order chi connectivity index (χ1) is 11.9. The van der Waals surface area contributed by atoms with Gasteiger partial charge in [-0.05, 0) is 43.7 Å². The van der Waals surface area contributed by atoms with Gasteiger partial charge in [-0.2, -0.15) is 5.26 Å². The Balaban J connectivity index is 2.02. The predicted octanol–water partition coefficient (Wildman–Crippen LogP) is 3.26. The molecule has 0 aliphatic rings. The average molecular weight is 354 g/mol. The summed E-state index contributed by atoms with van der Waals surface area (Å²) >= 11 is 1.23. The van der Waals surface area contributed by atoms with Crippen molar-refractivity contribution in [2.24, 2.45) is 0 Å². The molecule has 0 atom stereocenters. The van der Waals surface area contributed by atoms with Gasteiger partial charge in [-0.1, -0.05) is 17.8 Å². The highest BCUT2D eigenvalue weighted by molar-refractivity contribution is 8.00. The van der Waals surface area contributed by atoms with Gasteiger partial charge in [0.2, 0.25) is 11.8 Å². The van der Waals surface area contributed by atoms with Gasteiger partial charge < -0.3 is 10.6 Å². The highest BCUT2D eigenvalue weighted by atomic mass is 32.2. The second-order valence-corrected chi connectivity index (χ2v) is 6.44. The van der Waals surface area contributed by atoms with Gasteiger partial charge in [0.15, 0.2) is 0 Å². The standard InChI is InChI=1S/C18H18N4O2S/c1-11-7-12(2)20-18(16(11)9-19)25-10-17(24)22-15-6-4-5-14(8-15)21-13(3)23/h4-8H,10H2,1-3H3,(H,21,23)(H,22,24). The quantitative estimate of drug-likeness (QED) is 0.804. The number of hydrogen-bond donors (Lipinski definition) is 2. The third-order valence-electron chi connectivity index (χ3n) is 3.23. The number of rotatable bonds is 5. The Labute approximate surface area is 150 Å². The van der Waals surface area contributed by atoms with E-state index in [1.165, 1.54) is 18.7 Å². The molecule has 1 aromatic carbocycles. The van der Waals surface area contributed by atoms with Crippen LogP contribution in [-0.4, -0.2) is 22.6 Å². The lowest BCUT2D eigenvalue weighted by molar-refractivity contribution is -0.114. The second kappa shape index (κ2) is 8.31. The van der Waals surface area contributed by atoms with Gasteiger partial charge in [-0.15, -0.1) is 0 Å². The van der Waals surface area contributed by atoms with Crippen LogP contribution in [0.1, 0.15) is 23.7 Å². The van der Waals surface area contributed by atoms with E-state index in [0.29, 0.717) is 22.0 Å². The number of benzene rings is 1. The largest absolute Gasteiger partial charge is 0.326 e. The Hall–Kier alpha value is -2.85. The minimum Gasteiger partial charge on any atom is -0.326 e. The molecule has 0 saturated carbocycles. The third kappa shape index (κ3) is 5.33. The molecule has 7 heteroatoms. The van der Waals surface area contributed by atoms with E-state index in [2.05, 4.69) is 21.7 Å². The molecule has 0 bridgehead atoms. The lowest BCUT2D eigenvalue weighted by Crippen LogP contribution is -2.15. The maximum absolute atomic E-state index is 12.2. The first-order valence-corrected chi connectivity index (χ1v) is 8.56. The molecule has 25 heavy (non-hydrogen) atoms. The number of carbonyl (C=O) groups is 2. The van der Waals surface area contributed by atoms with Crippen molar-refractivity contribution in [3.05, 3.63) is 47.2 Å².